The summed E-state index contributed by atoms with van der Waals surface area (Å²) in [7, 11) is 0. The van der Waals surface area contributed by atoms with Crippen molar-refractivity contribution in [2.75, 3.05) is 11.9 Å². The molecule has 0 radical (unpaired) electrons. The Morgan fingerprint density at radius 1 is 1.28 bits per heavy atom. The molecule has 1 atom stereocenters. The summed E-state index contributed by atoms with van der Waals surface area (Å²) in [6.45, 7) is 2.94. The molecule has 2 amide bonds. The lowest BCUT2D eigenvalue weighted by molar-refractivity contribution is -0.137. The maximum absolute atomic E-state index is 12.6. The number of nitrogens with zero attached hydrogens (tertiary/aromatic N) is 2. The molecule has 1 aromatic heterocycles. The Kier molecular flexibility index (Phi) is 7.46. The van der Waals surface area contributed by atoms with Crippen LogP contribution in [0.2, 0.25) is 0 Å². The summed E-state index contributed by atoms with van der Waals surface area (Å²) >= 11 is 0. The Bertz CT molecular complexity index is 844. The van der Waals surface area contributed by atoms with E-state index in [4.69, 9.17) is 15.6 Å². The van der Waals surface area contributed by atoms with Crippen LogP contribution in [0.1, 0.15) is 19.4 Å². The number of nitrogens with two attached hydrogens (primary N) is 1. The predicted octanol–water partition coefficient (Wildman–Crippen LogP) is 0.345. The number of rotatable bonds is 10. The number of aliphatic carboxylic acids is 1. The van der Waals surface area contributed by atoms with Crippen LogP contribution in [0, 0.1) is 0 Å². The molecule has 5 N–H and O–H groups in total. The number of nitrogens with one attached hydrogen (secondary N) is 2. The van der Waals surface area contributed by atoms with Gasteiger partial charge in [0.2, 0.25) is 5.91 Å². The molecule has 0 spiro atoms. The van der Waals surface area contributed by atoms with Gasteiger partial charge in [0, 0.05) is 6.20 Å². The third kappa shape index (κ3) is 7.35. The number of hydrogen-bond acceptors (Lipinski definition) is 6. The van der Waals surface area contributed by atoms with Crippen LogP contribution in [-0.4, -0.2) is 50.6 Å². The molecule has 1 aromatic carbocycles. The number of ether oxygens (including phenoxy) is 1. The van der Waals surface area contributed by atoms with Crippen LogP contribution < -0.4 is 16.4 Å². The van der Waals surface area contributed by atoms with Crippen LogP contribution >= 0.6 is 0 Å². The summed E-state index contributed by atoms with van der Waals surface area (Å²) in [6, 6.07) is 8.37. The molecule has 0 saturated carbocycles. The number of carboxylic acid groups (broad SMARTS) is 1. The second-order valence-electron chi connectivity index (χ2n) is 7.06. The van der Waals surface area contributed by atoms with E-state index < -0.39 is 29.4 Å². The van der Waals surface area contributed by atoms with Gasteiger partial charge in [-0.25, -0.2) is 4.98 Å². The molecule has 29 heavy (non-hydrogen) atoms. The zero-order chi connectivity index (χ0) is 21.4. The molecule has 0 saturated heterocycles. The van der Waals surface area contributed by atoms with E-state index in [1.807, 2.05) is 30.3 Å². The summed E-state index contributed by atoms with van der Waals surface area (Å²) < 4.78 is 6.90. The van der Waals surface area contributed by atoms with Gasteiger partial charge in [-0.2, -0.15) is 0 Å². The summed E-state index contributed by atoms with van der Waals surface area (Å²) in [5.41, 5.74) is 5.53. The molecule has 0 aliphatic carbocycles. The average molecular weight is 403 g/mol. The lowest BCUT2D eigenvalue weighted by Gasteiger charge is -2.23. The van der Waals surface area contributed by atoms with E-state index in [0.717, 1.165) is 5.56 Å². The number of carbonyl (C=O) groups is 3. The van der Waals surface area contributed by atoms with Crippen molar-refractivity contribution in [3.63, 3.8) is 0 Å². The van der Waals surface area contributed by atoms with E-state index in [1.54, 1.807) is 0 Å². The number of carbonyl (C=O) groups excluding carboxylic acids is 2. The first-order valence-electron chi connectivity index (χ1n) is 8.91. The molecule has 2 rings (SSSR count). The minimum atomic E-state index is -1.18. The first-order valence-corrected chi connectivity index (χ1v) is 8.91. The van der Waals surface area contributed by atoms with Crippen LogP contribution in [0.5, 0.6) is 0 Å². The van der Waals surface area contributed by atoms with Gasteiger partial charge in [0.15, 0.2) is 5.82 Å². The zero-order valence-corrected chi connectivity index (χ0v) is 16.3. The van der Waals surface area contributed by atoms with Crippen molar-refractivity contribution in [2.45, 2.75) is 38.6 Å². The van der Waals surface area contributed by atoms with Crippen molar-refractivity contribution in [3.8, 4) is 0 Å². The van der Waals surface area contributed by atoms with Crippen molar-refractivity contribution in [2.24, 2.45) is 5.73 Å². The van der Waals surface area contributed by atoms with E-state index in [2.05, 4.69) is 15.6 Å². The molecular weight excluding hydrogens is 378 g/mol. The number of hydrogen-bond donors (Lipinski definition) is 4. The van der Waals surface area contributed by atoms with Crippen molar-refractivity contribution >= 4 is 23.6 Å². The normalized spacial score (nSPS) is 12.2. The third-order valence-corrected chi connectivity index (χ3v) is 3.81. The highest BCUT2D eigenvalue weighted by atomic mass is 16.5. The fourth-order valence-electron chi connectivity index (χ4n) is 2.28. The van der Waals surface area contributed by atoms with Gasteiger partial charge >= 0.3 is 5.97 Å². The molecule has 10 nitrogen and oxygen atoms in total. The third-order valence-electron chi connectivity index (χ3n) is 3.81. The molecule has 156 valence electrons. The minimum absolute atomic E-state index is 0.0849. The van der Waals surface area contributed by atoms with Crippen LogP contribution in [-0.2, 0) is 32.3 Å². The monoisotopic (exact) mass is 403 g/mol. The summed E-state index contributed by atoms with van der Waals surface area (Å²) in [6.07, 6.45) is 2.66. The Hall–Kier alpha value is -3.24. The highest BCUT2D eigenvalue weighted by molar-refractivity contribution is 5.98. The Labute approximate surface area is 168 Å². The first kappa shape index (κ1) is 22.1. The lowest BCUT2D eigenvalue weighted by Crippen LogP contribution is -2.56. The lowest BCUT2D eigenvalue weighted by atomic mass is 10.1. The molecule has 10 heteroatoms. The number of imidazole rings is 1. The number of amides is 2. The first-order chi connectivity index (χ1) is 13.6. The number of anilines is 1. The van der Waals surface area contributed by atoms with E-state index in [1.165, 1.54) is 30.9 Å². The van der Waals surface area contributed by atoms with Gasteiger partial charge in [-0.1, -0.05) is 30.3 Å². The van der Waals surface area contributed by atoms with Crippen LogP contribution in [0.25, 0.3) is 0 Å². The molecule has 0 fully saturated rings. The van der Waals surface area contributed by atoms with E-state index in [0.29, 0.717) is 0 Å². The van der Waals surface area contributed by atoms with Gasteiger partial charge in [-0.05, 0) is 19.4 Å². The van der Waals surface area contributed by atoms with E-state index in [-0.39, 0.29) is 25.6 Å². The van der Waals surface area contributed by atoms with Crippen LogP contribution in [0.4, 0.5) is 5.82 Å². The molecule has 0 aliphatic heterocycles. The smallest absolute Gasteiger partial charge is 0.323 e. The van der Waals surface area contributed by atoms with Gasteiger partial charge in [0.25, 0.3) is 5.91 Å². The summed E-state index contributed by atoms with van der Waals surface area (Å²) in [4.78, 5) is 39.6. The predicted molar refractivity (Wildman–Crippen MR) is 105 cm³/mol. The second-order valence-corrected chi connectivity index (χ2v) is 7.06. The number of carboxylic acids is 1. The zero-order valence-electron chi connectivity index (χ0n) is 16.3. The van der Waals surface area contributed by atoms with Gasteiger partial charge in [-0.3, -0.25) is 14.4 Å². The second kappa shape index (κ2) is 9.80. The molecule has 2 aromatic rings. The van der Waals surface area contributed by atoms with E-state index >= 15 is 0 Å². The van der Waals surface area contributed by atoms with Gasteiger partial charge in [-0.15, -0.1) is 0 Å². The quantitative estimate of drug-likeness (QED) is 0.447. The van der Waals surface area contributed by atoms with E-state index in [9.17, 15) is 14.4 Å². The molecule has 0 aliphatic rings. The largest absolute Gasteiger partial charge is 0.480 e. The molecule has 0 unspecified atom stereocenters. The highest BCUT2D eigenvalue weighted by Gasteiger charge is 2.28. The standard InChI is InChI=1S/C19H25N5O5/c1-19(2,20)18(28)22-14(11-29-10-13-6-4-3-5-7-13)17(27)23-15-8-24(12-21-15)9-16(25)26/h3-8,12,14H,9-11,20H2,1-2H3,(H,22,28)(H,23,27)(H,25,26)/t14-/m1/s1. The van der Waals surface area contributed by atoms with Gasteiger partial charge in [0.1, 0.15) is 12.6 Å². The molecule has 1 heterocycles. The average Bonchev–Trinajstić information content (AvgIpc) is 3.06. The Morgan fingerprint density at radius 2 is 1.97 bits per heavy atom. The fraction of sp³-hybridized carbons (Fsp3) is 0.368. The number of benzene rings is 1. The maximum atomic E-state index is 12.6. The van der Waals surface area contributed by atoms with Crippen molar-refractivity contribution in [3.05, 3.63) is 48.4 Å². The maximum Gasteiger partial charge on any atom is 0.323 e. The molecular formula is C19H25N5O5. The Balaban J connectivity index is 2.02. The minimum Gasteiger partial charge on any atom is -0.480 e. The van der Waals surface area contributed by atoms with Gasteiger partial charge in [0.05, 0.1) is 25.1 Å². The highest BCUT2D eigenvalue weighted by Crippen LogP contribution is 2.07. The summed E-state index contributed by atoms with van der Waals surface area (Å²) in [5.74, 6) is -1.95. The molecule has 0 bridgehead atoms. The Morgan fingerprint density at radius 3 is 2.59 bits per heavy atom. The van der Waals surface area contributed by atoms with Crippen LogP contribution in [0.15, 0.2) is 42.9 Å². The van der Waals surface area contributed by atoms with Crippen LogP contribution in [0.3, 0.4) is 0 Å². The van der Waals surface area contributed by atoms with Crippen molar-refractivity contribution in [1.82, 2.24) is 14.9 Å². The number of aromatic nitrogens is 2. The summed E-state index contributed by atoms with van der Waals surface area (Å²) in [5, 5.41) is 13.9. The SMILES string of the molecule is CC(C)(N)C(=O)N[C@H](COCc1ccccc1)C(=O)Nc1cn(CC(=O)O)cn1. The topological polar surface area (TPSA) is 149 Å². The fourth-order valence-corrected chi connectivity index (χ4v) is 2.28. The van der Waals surface area contributed by atoms with Crippen molar-refractivity contribution in [1.29, 1.82) is 0 Å². The van der Waals surface area contributed by atoms with Crippen molar-refractivity contribution < 1.29 is 24.2 Å². The van der Waals surface area contributed by atoms with Gasteiger partial charge < -0.3 is 30.8 Å².